The van der Waals surface area contributed by atoms with Crippen molar-refractivity contribution >= 4 is 0 Å². The molecule has 0 heterocycles. The Morgan fingerprint density at radius 1 is 1.33 bits per heavy atom. The van der Waals surface area contributed by atoms with Crippen LogP contribution in [0.25, 0.3) is 0 Å². The topological polar surface area (TPSA) is 24.5 Å². The van der Waals surface area contributed by atoms with Gasteiger partial charge in [0.05, 0.1) is 0 Å². The number of hydrogen-bond donors (Lipinski definition) is 1. The van der Waals surface area contributed by atoms with Gasteiger partial charge in [0.25, 0.3) is 0 Å². The van der Waals surface area contributed by atoms with Crippen molar-refractivity contribution in [1.82, 2.24) is 10.2 Å². The maximum Gasteiger partial charge on any atom is 0.123 e. The lowest BCUT2D eigenvalue weighted by atomic mass is 10.2. The maximum atomic E-state index is 5.98. The molecule has 0 atom stereocenters. The number of para-hydroxylation sites is 1. The molecule has 3 nitrogen and oxygen atoms in total. The van der Waals surface area contributed by atoms with Gasteiger partial charge in [-0.05, 0) is 32.9 Å². The van der Waals surface area contributed by atoms with E-state index in [1.165, 1.54) is 5.56 Å². The van der Waals surface area contributed by atoms with Crippen molar-refractivity contribution in [2.75, 3.05) is 26.2 Å². The monoisotopic (exact) mass is 290 g/mol. The van der Waals surface area contributed by atoms with Gasteiger partial charge in [0.15, 0.2) is 0 Å². The molecule has 0 saturated carbocycles. The highest BCUT2D eigenvalue weighted by Crippen LogP contribution is 2.17. The van der Waals surface area contributed by atoms with Crippen molar-refractivity contribution in [2.45, 2.75) is 39.8 Å². The van der Waals surface area contributed by atoms with E-state index in [0.717, 1.165) is 38.3 Å². The standard InChI is InChI=1S/C18H30N2O/c1-5-11-19-15-17-9-7-8-10-18(17)21-14-13-20(12-6-2)16(3)4/h6-10,16,19H,2,5,11-15H2,1,3-4H3. The van der Waals surface area contributed by atoms with Crippen LogP contribution in [0.5, 0.6) is 5.75 Å². The Morgan fingerprint density at radius 3 is 2.76 bits per heavy atom. The largest absolute Gasteiger partial charge is 0.492 e. The van der Waals surface area contributed by atoms with E-state index in [9.17, 15) is 0 Å². The smallest absolute Gasteiger partial charge is 0.123 e. The molecule has 0 saturated heterocycles. The van der Waals surface area contributed by atoms with Gasteiger partial charge in [-0.3, -0.25) is 4.90 Å². The predicted octanol–water partition coefficient (Wildman–Crippen LogP) is 3.46. The van der Waals surface area contributed by atoms with Crippen LogP contribution in [-0.2, 0) is 6.54 Å². The van der Waals surface area contributed by atoms with Crippen LogP contribution in [0.15, 0.2) is 36.9 Å². The van der Waals surface area contributed by atoms with Crippen LogP contribution in [0.4, 0.5) is 0 Å². The summed E-state index contributed by atoms with van der Waals surface area (Å²) in [6, 6.07) is 8.78. The molecular formula is C18H30N2O. The van der Waals surface area contributed by atoms with Gasteiger partial charge in [0.2, 0.25) is 0 Å². The molecule has 21 heavy (non-hydrogen) atoms. The van der Waals surface area contributed by atoms with Gasteiger partial charge in [0, 0.05) is 31.2 Å². The summed E-state index contributed by atoms with van der Waals surface area (Å²) >= 11 is 0. The lowest BCUT2D eigenvalue weighted by Gasteiger charge is -2.25. The van der Waals surface area contributed by atoms with E-state index in [2.05, 4.69) is 55.8 Å². The molecule has 0 amide bonds. The van der Waals surface area contributed by atoms with Crippen LogP contribution in [0, 0.1) is 0 Å². The fraction of sp³-hybridized carbons (Fsp3) is 0.556. The second-order valence-corrected chi connectivity index (χ2v) is 5.51. The second kappa shape index (κ2) is 10.4. The fourth-order valence-corrected chi connectivity index (χ4v) is 2.19. The number of nitrogens with zero attached hydrogens (tertiary/aromatic N) is 1. The van der Waals surface area contributed by atoms with Gasteiger partial charge in [-0.2, -0.15) is 0 Å². The number of ether oxygens (including phenoxy) is 1. The molecule has 0 aliphatic rings. The Kier molecular flexibility index (Phi) is 8.79. The summed E-state index contributed by atoms with van der Waals surface area (Å²) in [7, 11) is 0. The Bertz CT molecular complexity index is 404. The first kappa shape index (κ1) is 17.7. The average molecular weight is 290 g/mol. The first-order chi connectivity index (χ1) is 10.2. The molecule has 118 valence electrons. The second-order valence-electron chi connectivity index (χ2n) is 5.51. The molecular weight excluding hydrogens is 260 g/mol. The van der Waals surface area contributed by atoms with E-state index in [4.69, 9.17) is 4.74 Å². The predicted molar refractivity (Wildman–Crippen MR) is 90.8 cm³/mol. The summed E-state index contributed by atoms with van der Waals surface area (Å²) in [4.78, 5) is 2.35. The van der Waals surface area contributed by atoms with Gasteiger partial charge in [-0.1, -0.05) is 31.2 Å². The SMILES string of the molecule is C=CCN(CCOc1ccccc1CNCCC)C(C)C. The van der Waals surface area contributed by atoms with Gasteiger partial charge in [-0.25, -0.2) is 0 Å². The minimum Gasteiger partial charge on any atom is -0.492 e. The summed E-state index contributed by atoms with van der Waals surface area (Å²) in [6.07, 6.45) is 3.09. The number of benzene rings is 1. The van der Waals surface area contributed by atoms with Gasteiger partial charge < -0.3 is 10.1 Å². The molecule has 0 unspecified atom stereocenters. The van der Waals surface area contributed by atoms with Crippen molar-refractivity contribution < 1.29 is 4.74 Å². The number of rotatable bonds is 11. The molecule has 1 rings (SSSR count). The highest BCUT2D eigenvalue weighted by molar-refractivity contribution is 5.33. The fourth-order valence-electron chi connectivity index (χ4n) is 2.19. The summed E-state index contributed by atoms with van der Waals surface area (Å²) < 4.78 is 5.98. The number of hydrogen-bond acceptors (Lipinski definition) is 3. The third-order valence-corrected chi connectivity index (χ3v) is 3.44. The number of nitrogens with one attached hydrogen (secondary N) is 1. The zero-order valence-electron chi connectivity index (χ0n) is 13.8. The van der Waals surface area contributed by atoms with Crippen LogP contribution in [0.3, 0.4) is 0 Å². The average Bonchev–Trinajstić information content (AvgIpc) is 2.48. The van der Waals surface area contributed by atoms with Crippen LogP contribution >= 0.6 is 0 Å². The van der Waals surface area contributed by atoms with Crippen molar-refractivity contribution in [3.8, 4) is 5.75 Å². The Morgan fingerprint density at radius 2 is 2.10 bits per heavy atom. The highest BCUT2D eigenvalue weighted by atomic mass is 16.5. The van der Waals surface area contributed by atoms with Gasteiger partial charge in [-0.15, -0.1) is 6.58 Å². The summed E-state index contributed by atoms with van der Waals surface area (Å²) in [5.41, 5.74) is 1.23. The first-order valence-electron chi connectivity index (χ1n) is 7.95. The van der Waals surface area contributed by atoms with E-state index in [-0.39, 0.29) is 0 Å². The zero-order chi connectivity index (χ0) is 15.5. The molecule has 0 aliphatic heterocycles. The lowest BCUT2D eigenvalue weighted by Crippen LogP contribution is -2.34. The minimum atomic E-state index is 0.507. The molecule has 0 aromatic heterocycles. The highest BCUT2D eigenvalue weighted by Gasteiger charge is 2.08. The van der Waals surface area contributed by atoms with E-state index in [1.54, 1.807) is 0 Å². The molecule has 0 fully saturated rings. The summed E-state index contributed by atoms with van der Waals surface area (Å²) in [5, 5.41) is 3.43. The van der Waals surface area contributed by atoms with E-state index < -0.39 is 0 Å². The molecule has 1 aromatic rings. The molecule has 0 radical (unpaired) electrons. The lowest BCUT2D eigenvalue weighted by molar-refractivity contribution is 0.190. The van der Waals surface area contributed by atoms with Gasteiger partial charge >= 0.3 is 0 Å². The first-order valence-corrected chi connectivity index (χ1v) is 7.95. The van der Waals surface area contributed by atoms with Crippen LogP contribution in [0.1, 0.15) is 32.8 Å². The zero-order valence-corrected chi connectivity index (χ0v) is 13.8. The molecule has 3 heteroatoms. The van der Waals surface area contributed by atoms with E-state index in [0.29, 0.717) is 12.6 Å². The Balaban J connectivity index is 2.48. The van der Waals surface area contributed by atoms with Crippen molar-refractivity contribution in [1.29, 1.82) is 0 Å². The minimum absolute atomic E-state index is 0.507. The third-order valence-electron chi connectivity index (χ3n) is 3.44. The van der Waals surface area contributed by atoms with Crippen molar-refractivity contribution in [3.05, 3.63) is 42.5 Å². The summed E-state index contributed by atoms with van der Waals surface area (Å²) in [5.74, 6) is 0.989. The van der Waals surface area contributed by atoms with Crippen LogP contribution in [-0.4, -0.2) is 37.2 Å². The van der Waals surface area contributed by atoms with E-state index >= 15 is 0 Å². The summed E-state index contributed by atoms with van der Waals surface area (Å²) in [6.45, 7) is 14.8. The van der Waals surface area contributed by atoms with Crippen molar-refractivity contribution in [2.24, 2.45) is 0 Å². The van der Waals surface area contributed by atoms with Gasteiger partial charge in [0.1, 0.15) is 12.4 Å². The third kappa shape index (κ3) is 6.78. The van der Waals surface area contributed by atoms with E-state index in [1.807, 2.05) is 12.1 Å². The van der Waals surface area contributed by atoms with Crippen molar-refractivity contribution in [3.63, 3.8) is 0 Å². The molecule has 0 aliphatic carbocycles. The normalized spacial score (nSPS) is 11.1. The molecule has 1 N–H and O–H groups in total. The maximum absolute atomic E-state index is 5.98. The molecule has 0 spiro atoms. The Labute approximate surface area is 130 Å². The Hall–Kier alpha value is -1.32. The quantitative estimate of drug-likeness (QED) is 0.499. The van der Waals surface area contributed by atoms with Crippen LogP contribution < -0.4 is 10.1 Å². The molecule has 0 bridgehead atoms. The van der Waals surface area contributed by atoms with Crippen LogP contribution in [0.2, 0.25) is 0 Å². The molecule has 1 aromatic carbocycles.